The largest absolute Gasteiger partial charge is 0.294 e. The molecule has 1 N–H and O–H groups in total. The summed E-state index contributed by atoms with van der Waals surface area (Å²) in [6, 6.07) is 1.40. The molecule has 1 aliphatic carbocycles. The number of hydrogen-bond donors (Lipinski definition) is 1. The van der Waals surface area contributed by atoms with Gasteiger partial charge >= 0.3 is 0 Å². The Labute approximate surface area is 175 Å². The van der Waals surface area contributed by atoms with E-state index in [9.17, 15) is 18.0 Å². The third-order valence-electron chi connectivity index (χ3n) is 6.19. The third-order valence-corrected chi connectivity index (χ3v) is 6.19. The Morgan fingerprint density at radius 2 is 2.13 bits per heavy atom. The van der Waals surface area contributed by atoms with E-state index in [1.807, 2.05) is 0 Å². The van der Waals surface area contributed by atoms with Crippen LogP contribution in [0.5, 0.6) is 0 Å². The van der Waals surface area contributed by atoms with Crippen LogP contribution in [0.1, 0.15) is 63.2 Å². The van der Waals surface area contributed by atoms with Crippen molar-refractivity contribution in [3.05, 3.63) is 29.8 Å². The Balaban J connectivity index is 0.00000320. The van der Waals surface area contributed by atoms with Gasteiger partial charge in [0.15, 0.2) is 11.6 Å². The van der Waals surface area contributed by atoms with E-state index in [1.165, 1.54) is 12.3 Å². The van der Waals surface area contributed by atoms with E-state index in [0.717, 1.165) is 19.0 Å². The molecule has 0 spiro atoms. The normalized spacial score (nSPS) is 28.0. The number of alkyl halides is 2. The molecule has 30 heavy (non-hydrogen) atoms. The number of halogens is 3. The van der Waals surface area contributed by atoms with Crippen molar-refractivity contribution in [1.82, 2.24) is 4.98 Å². The maximum Gasteiger partial charge on any atom is 0.276 e. The van der Waals surface area contributed by atoms with E-state index in [0.29, 0.717) is 38.0 Å². The molecule has 4 atom stereocenters. The van der Waals surface area contributed by atoms with Crippen LogP contribution in [0.3, 0.4) is 0 Å². The monoisotopic (exact) mass is 422 g/mol. The second kappa shape index (κ2) is 10.6. The lowest BCUT2D eigenvalue weighted by atomic mass is 9.68. The van der Waals surface area contributed by atoms with Gasteiger partial charge in [-0.3, -0.25) is 15.2 Å². The second-order valence-corrected chi connectivity index (χ2v) is 7.95. The van der Waals surface area contributed by atoms with E-state index in [4.69, 9.17) is 5.41 Å². The zero-order valence-electron chi connectivity index (χ0n) is 16.3. The molecule has 2 aliphatic rings. The summed E-state index contributed by atoms with van der Waals surface area (Å²) >= 11 is 0. The molecule has 3 rings (SSSR count). The zero-order chi connectivity index (χ0) is 21.0. The zero-order valence-corrected chi connectivity index (χ0v) is 16.3. The lowest BCUT2D eigenvalue weighted by molar-refractivity contribution is 0.0805. The molecule has 1 fully saturated rings. The van der Waals surface area contributed by atoms with Gasteiger partial charge in [0.25, 0.3) is 6.43 Å². The fourth-order valence-electron chi connectivity index (χ4n) is 4.52. The number of aromatic nitrogens is 1. The highest BCUT2D eigenvalue weighted by Crippen LogP contribution is 2.40. The fourth-order valence-corrected chi connectivity index (χ4v) is 4.52. The minimum Gasteiger partial charge on any atom is -0.294 e. The van der Waals surface area contributed by atoms with Crippen LogP contribution in [0.4, 0.5) is 13.2 Å². The summed E-state index contributed by atoms with van der Waals surface area (Å²) in [5.74, 6) is -0.852. The van der Waals surface area contributed by atoms with E-state index in [1.54, 1.807) is 0 Å². The van der Waals surface area contributed by atoms with Crippen molar-refractivity contribution in [2.75, 3.05) is 0 Å². The lowest BCUT2D eigenvalue weighted by Gasteiger charge is -2.36. The van der Waals surface area contributed by atoms with Gasteiger partial charge in [-0.2, -0.15) is 0 Å². The van der Waals surface area contributed by atoms with Crippen LogP contribution in [0.15, 0.2) is 28.4 Å². The minimum absolute atomic E-state index is 0. The van der Waals surface area contributed by atoms with Gasteiger partial charge in [-0.1, -0.05) is 14.4 Å². The summed E-state index contributed by atoms with van der Waals surface area (Å²) in [5, 5.41) is 7.01. The van der Waals surface area contributed by atoms with Gasteiger partial charge in [0.2, 0.25) is 0 Å². The molecular weight excluding hydrogens is 393 g/mol. The average Bonchev–Trinajstić information content (AvgIpc) is 2.70. The van der Waals surface area contributed by atoms with Gasteiger partial charge < -0.3 is 0 Å². The minimum atomic E-state index is -2.67. The molecule has 1 aromatic rings. The Bertz CT molecular complexity index is 824. The van der Waals surface area contributed by atoms with E-state index in [2.05, 4.69) is 21.9 Å². The molecule has 0 aromatic carbocycles. The smallest absolute Gasteiger partial charge is 0.276 e. The molecule has 164 valence electrons. The number of ketones is 1. The van der Waals surface area contributed by atoms with Crippen molar-refractivity contribution >= 4 is 23.7 Å². The number of nitrogens with one attached hydrogen (secondary N) is 1. The number of carbonyl (C=O) groups is 1. The summed E-state index contributed by atoms with van der Waals surface area (Å²) in [4.78, 5) is 24.2. The van der Waals surface area contributed by atoms with Crippen LogP contribution in [0.2, 0.25) is 0 Å². The molecule has 1 aliphatic heterocycles. The first-order valence-corrected chi connectivity index (χ1v) is 9.96. The van der Waals surface area contributed by atoms with Crippen LogP contribution >= 0.6 is 0 Å². The first kappa shape index (κ1) is 23.9. The highest BCUT2D eigenvalue weighted by Gasteiger charge is 2.37. The Hall–Kier alpha value is -2.38. The molecule has 0 radical (unpaired) electrons. The number of aliphatic imine (C=N–C) groups is 2. The van der Waals surface area contributed by atoms with Gasteiger partial charge in [-0.05, 0) is 50.0 Å². The van der Waals surface area contributed by atoms with Crippen LogP contribution < -0.4 is 0 Å². The number of nitrogens with zero attached hydrogens (tertiary/aromatic N) is 3. The van der Waals surface area contributed by atoms with E-state index in [-0.39, 0.29) is 48.1 Å². The maximum atomic E-state index is 14.0. The maximum absolute atomic E-state index is 14.0. The Morgan fingerprint density at radius 1 is 1.37 bits per heavy atom. The highest BCUT2D eigenvalue weighted by molar-refractivity contribution is 6.04. The van der Waals surface area contributed by atoms with Crippen molar-refractivity contribution in [1.29, 1.82) is 5.41 Å². The number of carbonyl (C=O) groups excluding carboxylic acids is 1. The number of pyridine rings is 1. The van der Waals surface area contributed by atoms with Gasteiger partial charge in [-0.25, -0.2) is 23.2 Å². The summed E-state index contributed by atoms with van der Waals surface area (Å²) < 4.78 is 41.1. The summed E-state index contributed by atoms with van der Waals surface area (Å²) in [6.45, 7) is 2.09. The molecule has 8 heteroatoms. The Kier molecular flexibility index (Phi) is 8.43. The van der Waals surface area contributed by atoms with Crippen molar-refractivity contribution in [2.24, 2.45) is 33.7 Å². The average molecular weight is 422 g/mol. The molecule has 5 nitrogen and oxygen atoms in total. The summed E-state index contributed by atoms with van der Waals surface area (Å²) in [7, 11) is 0. The highest BCUT2D eigenvalue weighted by atomic mass is 19.3. The SMILES string of the molecule is C.CC1CCC(C(=O)c2ccncc2F)C[C@H]1CC1CCC(=NC=N)N=C1C(F)F. The van der Waals surface area contributed by atoms with Crippen LogP contribution in [-0.2, 0) is 0 Å². The number of Topliss-reactive ketones (excluding diaryl/α,β-unsaturated/α-hetero) is 1. The van der Waals surface area contributed by atoms with Crippen LogP contribution in [0.25, 0.3) is 0 Å². The first-order valence-electron chi connectivity index (χ1n) is 9.96. The second-order valence-electron chi connectivity index (χ2n) is 7.95. The van der Waals surface area contributed by atoms with Crippen LogP contribution in [0, 0.1) is 34.9 Å². The third kappa shape index (κ3) is 5.40. The molecule has 3 unspecified atom stereocenters. The van der Waals surface area contributed by atoms with E-state index < -0.39 is 12.2 Å². The van der Waals surface area contributed by atoms with Crippen molar-refractivity contribution in [3.63, 3.8) is 0 Å². The molecule has 0 amide bonds. The predicted molar refractivity (Wildman–Crippen MR) is 112 cm³/mol. The topological polar surface area (TPSA) is 78.5 Å². The molecule has 0 bridgehead atoms. The lowest BCUT2D eigenvalue weighted by Crippen LogP contribution is -2.34. The van der Waals surface area contributed by atoms with E-state index >= 15 is 0 Å². The number of amidine groups is 1. The molecule has 0 saturated heterocycles. The predicted octanol–water partition coefficient (Wildman–Crippen LogP) is 5.60. The first-order chi connectivity index (χ1) is 13.9. The fraction of sp³-hybridized carbons (Fsp3) is 0.591. The van der Waals surface area contributed by atoms with Gasteiger partial charge in [0.1, 0.15) is 12.2 Å². The number of rotatable bonds is 6. The van der Waals surface area contributed by atoms with Crippen molar-refractivity contribution in [2.45, 2.75) is 59.3 Å². The van der Waals surface area contributed by atoms with Gasteiger partial charge in [0.05, 0.1) is 17.5 Å². The van der Waals surface area contributed by atoms with Crippen LogP contribution in [-0.4, -0.2) is 35.1 Å². The standard InChI is InChI=1S/C21H25F3N4O.CH4/c1-12-2-3-14(20(29)16-6-7-26-10-17(16)22)9-15(12)8-13-4-5-18(27-11-25)28-19(13)21(23)24;/h6-7,10-15,21,25H,2-5,8-9H2,1H3;1H4/t12?,13?,14?,15-;/m1./s1. The summed E-state index contributed by atoms with van der Waals surface area (Å²) in [5.41, 5.74) is -0.115. The number of hydrogen-bond acceptors (Lipinski definition) is 3. The molecule has 2 heterocycles. The van der Waals surface area contributed by atoms with Gasteiger partial charge in [-0.15, -0.1) is 0 Å². The van der Waals surface area contributed by atoms with Crippen molar-refractivity contribution in [3.8, 4) is 0 Å². The molecule has 1 aromatic heterocycles. The molecular formula is C22H29F3N4O. The quantitative estimate of drug-likeness (QED) is 0.368. The molecule has 1 saturated carbocycles. The van der Waals surface area contributed by atoms with Gasteiger partial charge in [0, 0.05) is 24.5 Å². The van der Waals surface area contributed by atoms with Crippen molar-refractivity contribution < 1.29 is 18.0 Å². The summed E-state index contributed by atoms with van der Waals surface area (Å²) in [6.07, 6.45) is 4.15. The Morgan fingerprint density at radius 3 is 2.80 bits per heavy atom.